The topological polar surface area (TPSA) is 88.2 Å². The van der Waals surface area contributed by atoms with Crippen molar-refractivity contribution < 1.29 is 17.6 Å². The van der Waals surface area contributed by atoms with Gasteiger partial charge in [-0.05, 0) is 36.8 Å². The first-order chi connectivity index (χ1) is 11.8. The molecule has 2 aromatic rings. The predicted molar refractivity (Wildman–Crippen MR) is 94.3 cm³/mol. The number of carbonyl (C=O) groups excluding carboxylic acids is 1. The van der Waals surface area contributed by atoms with Gasteiger partial charge >= 0.3 is 0 Å². The van der Waals surface area contributed by atoms with Crippen LogP contribution in [0.4, 0.5) is 15.8 Å². The van der Waals surface area contributed by atoms with Crippen LogP contribution in [0.25, 0.3) is 0 Å². The summed E-state index contributed by atoms with van der Waals surface area (Å²) in [6.45, 7) is 0. The lowest BCUT2D eigenvalue weighted by Crippen LogP contribution is -2.21. The van der Waals surface area contributed by atoms with Gasteiger partial charge in [-0.15, -0.1) is 0 Å². The van der Waals surface area contributed by atoms with Crippen molar-refractivity contribution in [2.45, 2.75) is 12.5 Å². The van der Waals surface area contributed by atoms with E-state index in [-0.39, 0.29) is 28.3 Å². The molecule has 1 aliphatic rings. The molecule has 0 radical (unpaired) electrons. The average Bonchev–Trinajstić information content (AvgIpc) is 2.90. The van der Waals surface area contributed by atoms with Gasteiger partial charge in [-0.1, -0.05) is 11.6 Å². The fraction of sp³-hybridized carbons (Fsp3) is 0.250. The summed E-state index contributed by atoms with van der Waals surface area (Å²) < 4.78 is 36.2. The molecule has 0 saturated carbocycles. The minimum Gasteiger partial charge on any atom is -0.381 e. The monoisotopic (exact) mass is 383 g/mol. The molecular formula is C16H15ClFN3O3S. The highest BCUT2D eigenvalue weighted by Gasteiger charge is 2.27. The zero-order valence-electron chi connectivity index (χ0n) is 13.0. The van der Waals surface area contributed by atoms with Crippen LogP contribution in [0.15, 0.2) is 36.5 Å². The predicted octanol–water partition coefficient (Wildman–Crippen LogP) is 2.73. The number of hydrogen-bond donors (Lipinski definition) is 2. The van der Waals surface area contributed by atoms with E-state index in [0.29, 0.717) is 17.8 Å². The van der Waals surface area contributed by atoms with Crippen LogP contribution in [0.3, 0.4) is 0 Å². The first-order valence-corrected chi connectivity index (χ1v) is 9.72. The van der Waals surface area contributed by atoms with E-state index < -0.39 is 21.6 Å². The summed E-state index contributed by atoms with van der Waals surface area (Å²) in [7, 11) is -2.99. The number of anilines is 2. The molecule has 25 heavy (non-hydrogen) atoms. The number of nitrogens with zero attached hydrogens (tertiary/aromatic N) is 1. The van der Waals surface area contributed by atoms with Gasteiger partial charge < -0.3 is 10.6 Å². The molecule has 0 aliphatic carbocycles. The molecule has 1 amide bonds. The summed E-state index contributed by atoms with van der Waals surface area (Å²) >= 11 is 5.69. The highest BCUT2D eigenvalue weighted by molar-refractivity contribution is 7.91. The minimum absolute atomic E-state index is 0.0743. The molecular weight excluding hydrogens is 369 g/mol. The summed E-state index contributed by atoms with van der Waals surface area (Å²) in [6.07, 6.45) is 1.98. The van der Waals surface area contributed by atoms with Crippen molar-refractivity contribution in [1.82, 2.24) is 4.98 Å². The van der Waals surface area contributed by atoms with Crippen molar-refractivity contribution in [3.8, 4) is 0 Å². The van der Waals surface area contributed by atoms with Crippen LogP contribution in [0, 0.1) is 5.82 Å². The number of carbonyl (C=O) groups is 1. The number of aromatic nitrogens is 1. The number of sulfone groups is 1. The lowest BCUT2D eigenvalue weighted by molar-refractivity contribution is 0.102. The number of amides is 1. The van der Waals surface area contributed by atoms with Crippen LogP contribution in [-0.4, -0.2) is 36.9 Å². The maximum absolute atomic E-state index is 13.2. The van der Waals surface area contributed by atoms with Crippen LogP contribution < -0.4 is 10.6 Å². The number of rotatable bonds is 4. The van der Waals surface area contributed by atoms with E-state index in [1.165, 1.54) is 24.4 Å². The zero-order valence-corrected chi connectivity index (χ0v) is 14.6. The number of pyridine rings is 1. The Bertz CT molecular complexity index is 921. The Morgan fingerprint density at radius 2 is 2.04 bits per heavy atom. The van der Waals surface area contributed by atoms with Crippen LogP contribution in [0.5, 0.6) is 0 Å². The Morgan fingerprint density at radius 3 is 2.72 bits per heavy atom. The van der Waals surface area contributed by atoms with E-state index in [9.17, 15) is 17.6 Å². The summed E-state index contributed by atoms with van der Waals surface area (Å²) in [6, 6.07) is 6.87. The molecule has 1 atom stereocenters. The molecule has 1 aromatic heterocycles. The third kappa shape index (κ3) is 4.46. The van der Waals surface area contributed by atoms with Crippen molar-refractivity contribution in [2.24, 2.45) is 0 Å². The lowest BCUT2D eigenvalue weighted by Gasteiger charge is -2.13. The molecule has 9 heteroatoms. The van der Waals surface area contributed by atoms with Crippen LogP contribution in [-0.2, 0) is 9.84 Å². The average molecular weight is 384 g/mol. The Kier molecular flexibility index (Phi) is 4.91. The Hall–Kier alpha value is -2.19. The first kappa shape index (κ1) is 17.6. The van der Waals surface area contributed by atoms with Gasteiger partial charge in [0.15, 0.2) is 9.84 Å². The van der Waals surface area contributed by atoms with E-state index in [1.54, 1.807) is 6.07 Å². The van der Waals surface area contributed by atoms with Gasteiger partial charge in [-0.2, -0.15) is 0 Å². The molecule has 132 valence electrons. The molecule has 0 bridgehead atoms. The van der Waals surface area contributed by atoms with Gasteiger partial charge in [0, 0.05) is 23.6 Å². The fourth-order valence-corrected chi connectivity index (χ4v) is 4.41. The molecule has 0 spiro atoms. The molecule has 1 aliphatic heterocycles. The minimum atomic E-state index is -2.99. The summed E-state index contributed by atoms with van der Waals surface area (Å²) in [5.74, 6) is -0.819. The third-order valence-corrected chi connectivity index (χ3v) is 5.83. The van der Waals surface area contributed by atoms with Gasteiger partial charge in [-0.25, -0.2) is 12.8 Å². The molecule has 2 heterocycles. The lowest BCUT2D eigenvalue weighted by atomic mass is 10.2. The van der Waals surface area contributed by atoms with E-state index in [0.717, 1.165) is 6.07 Å². The first-order valence-electron chi connectivity index (χ1n) is 7.52. The van der Waals surface area contributed by atoms with Crippen molar-refractivity contribution in [3.63, 3.8) is 0 Å². The van der Waals surface area contributed by atoms with Crippen LogP contribution >= 0.6 is 11.6 Å². The van der Waals surface area contributed by atoms with Crippen molar-refractivity contribution in [1.29, 1.82) is 0 Å². The summed E-state index contributed by atoms with van der Waals surface area (Å²) in [5, 5.41) is 5.59. The van der Waals surface area contributed by atoms with Gasteiger partial charge in [0.2, 0.25) is 0 Å². The molecule has 1 fully saturated rings. The second-order valence-electron chi connectivity index (χ2n) is 5.76. The summed E-state index contributed by atoms with van der Waals surface area (Å²) in [4.78, 5) is 16.3. The van der Waals surface area contributed by atoms with Crippen molar-refractivity contribution in [3.05, 3.63) is 53.1 Å². The highest BCUT2D eigenvalue weighted by Crippen LogP contribution is 2.21. The molecule has 3 rings (SSSR count). The van der Waals surface area contributed by atoms with E-state index in [1.807, 2.05) is 0 Å². The zero-order chi connectivity index (χ0) is 18.0. The van der Waals surface area contributed by atoms with Gasteiger partial charge in [0.1, 0.15) is 11.5 Å². The number of nitrogens with one attached hydrogen (secondary N) is 2. The van der Waals surface area contributed by atoms with Gasteiger partial charge in [0.25, 0.3) is 5.91 Å². The number of hydrogen-bond acceptors (Lipinski definition) is 5. The number of halogens is 2. The second kappa shape index (κ2) is 6.97. The normalized spacial score (nSPS) is 18.7. The number of benzene rings is 1. The van der Waals surface area contributed by atoms with E-state index in [4.69, 9.17) is 11.6 Å². The quantitative estimate of drug-likeness (QED) is 0.847. The standard InChI is InChI=1S/C16H15ClFN3O3S/c17-13-7-10(1-2-14(13)18)21-16(22)15-8-11(3-5-19-15)20-12-4-6-25(23,24)9-12/h1-3,5,7-8,12H,4,6,9H2,(H,19,20)(H,21,22). The molecule has 1 saturated heterocycles. The Labute approximate surface area is 149 Å². The van der Waals surface area contributed by atoms with E-state index in [2.05, 4.69) is 15.6 Å². The van der Waals surface area contributed by atoms with Gasteiger partial charge in [-0.3, -0.25) is 9.78 Å². The molecule has 1 aromatic carbocycles. The Balaban J connectivity index is 1.70. The molecule has 2 N–H and O–H groups in total. The molecule has 1 unspecified atom stereocenters. The van der Waals surface area contributed by atoms with Gasteiger partial charge in [0.05, 0.1) is 16.5 Å². The van der Waals surface area contributed by atoms with Crippen LogP contribution in [0.2, 0.25) is 5.02 Å². The summed E-state index contributed by atoms with van der Waals surface area (Å²) in [5.41, 5.74) is 1.10. The molecule has 6 nitrogen and oxygen atoms in total. The largest absolute Gasteiger partial charge is 0.381 e. The van der Waals surface area contributed by atoms with E-state index >= 15 is 0 Å². The second-order valence-corrected chi connectivity index (χ2v) is 8.39. The fourth-order valence-electron chi connectivity index (χ4n) is 2.56. The van der Waals surface area contributed by atoms with Crippen molar-refractivity contribution >= 4 is 38.7 Å². The maximum atomic E-state index is 13.2. The van der Waals surface area contributed by atoms with Crippen molar-refractivity contribution in [2.75, 3.05) is 22.1 Å². The third-order valence-electron chi connectivity index (χ3n) is 3.77. The highest BCUT2D eigenvalue weighted by atomic mass is 35.5. The smallest absolute Gasteiger partial charge is 0.274 e. The maximum Gasteiger partial charge on any atom is 0.274 e. The Morgan fingerprint density at radius 1 is 1.24 bits per heavy atom. The van der Waals surface area contributed by atoms with Crippen LogP contribution in [0.1, 0.15) is 16.9 Å². The SMILES string of the molecule is O=C(Nc1ccc(F)c(Cl)c1)c1cc(NC2CCS(=O)(=O)C2)ccn1.